The summed E-state index contributed by atoms with van der Waals surface area (Å²) in [6, 6.07) is 10.9. The number of para-hydroxylation sites is 1. The minimum Gasteiger partial charge on any atom is -0.496 e. The number of carbonyl (C=O) groups is 2. The number of anilines is 1. The van der Waals surface area contributed by atoms with Crippen LogP contribution in [0.5, 0.6) is 5.75 Å². The first-order chi connectivity index (χ1) is 26.4. The van der Waals surface area contributed by atoms with Gasteiger partial charge in [-0.25, -0.2) is 4.79 Å². The van der Waals surface area contributed by atoms with Crippen LogP contribution in [0.1, 0.15) is 68.3 Å². The number of benzene rings is 2. The number of nitrogens with zero attached hydrogens (tertiary/aromatic N) is 2. The zero-order valence-electron chi connectivity index (χ0n) is 32.5. The van der Waals surface area contributed by atoms with E-state index < -0.39 is 51.5 Å². The molecule has 0 amide bonds. The molecule has 10 atom stereocenters. The molecule has 6 heterocycles. The molecule has 6 aliphatic rings. The molecule has 1 aliphatic carbocycles. The second-order valence-electron chi connectivity index (χ2n) is 17.2. The van der Waals surface area contributed by atoms with Crippen LogP contribution < -0.4 is 10.1 Å². The molecule has 2 saturated heterocycles. The monoisotopic (exact) mass is 754 g/mol. The summed E-state index contributed by atoms with van der Waals surface area (Å²) in [6.45, 7) is 7.38. The maximum absolute atomic E-state index is 15.2. The lowest BCUT2D eigenvalue weighted by molar-refractivity contribution is -0.215. The van der Waals surface area contributed by atoms with Crippen molar-refractivity contribution < 1.29 is 39.1 Å². The summed E-state index contributed by atoms with van der Waals surface area (Å²) in [5.41, 5.74) is -1.58. The second-order valence-corrected chi connectivity index (χ2v) is 17.2. The van der Waals surface area contributed by atoms with E-state index in [0.717, 1.165) is 40.8 Å². The largest absolute Gasteiger partial charge is 0.496 e. The molecule has 2 bridgehead atoms. The number of methoxy groups -OCH3 is 3. The molecule has 2 unspecified atom stereocenters. The lowest BCUT2D eigenvalue weighted by Gasteiger charge is -2.62. The highest BCUT2D eigenvalue weighted by atomic mass is 16.5. The Balaban J connectivity index is 1.34. The van der Waals surface area contributed by atoms with Crippen LogP contribution >= 0.6 is 0 Å². The maximum Gasteiger partial charge on any atom is 0.342 e. The Labute approximate surface area is 321 Å². The van der Waals surface area contributed by atoms with Gasteiger partial charge in [-0.1, -0.05) is 44.2 Å². The number of aromatic amines is 1. The summed E-state index contributed by atoms with van der Waals surface area (Å²) in [4.78, 5) is 37.5. The Morgan fingerprint density at radius 3 is 2.49 bits per heavy atom. The Hall–Kier alpha value is -3.94. The topological polar surface area (TPSA) is 157 Å². The van der Waals surface area contributed by atoms with Gasteiger partial charge >= 0.3 is 11.9 Å². The van der Waals surface area contributed by atoms with E-state index in [1.165, 1.54) is 14.2 Å². The summed E-state index contributed by atoms with van der Waals surface area (Å²) in [7, 11) is 4.27. The molecular formula is C43H54N4O8. The fourth-order valence-corrected chi connectivity index (χ4v) is 12.7. The molecule has 12 heteroatoms. The first-order valence-electron chi connectivity index (χ1n) is 19.9. The van der Waals surface area contributed by atoms with E-state index in [1.54, 1.807) is 7.11 Å². The van der Waals surface area contributed by atoms with Crippen LogP contribution in [0, 0.1) is 11.3 Å². The maximum atomic E-state index is 15.2. The van der Waals surface area contributed by atoms with Crippen LogP contribution in [0.4, 0.5) is 5.69 Å². The summed E-state index contributed by atoms with van der Waals surface area (Å²) in [6.07, 6.45) is 5.77. The Morgan fingerprint density at radius 1 is 0.982 bits per heavy atom. The van der Waals surface area contributed by atoms with Gasteiger partial charge in [0.05, 0.1) is 33.0 Å². The number of hydrogen-bond acceptors (Lipinski definition) is 11. The van der Waals surface area contributed by atoms with Gasteiger partial charge in [0, 0.05) is 77.0 Å². The predicted octanol–water partition coefficient (Wildman–Crippen LogP) is 3.40. The molecule has 55 heavy (non-hydrogen) atoms. The van der Waals surface area contributed by atoms with Crippen LogP contribution in [0.2, 0.25) is 0 Å². The van der Waals surface area contributed by atoms with E-state index in [2.05, 4.69) is 32.2 Å². The number of ether oxygens (including phenoxy) is 3. The highest BCUT2D eigenvalue weighted by Gasteiger charge is 2.78. The number of fused-ring (bicyclic) bond motifs is 6. The minimum atomic E-state index is -2.30. The fourth-order valence-electron chi connectivity index (χ4n) is 12.7. The molecule has 0 radical (unpaired) electrons. The number of nitrogens with one attached hydrogen (secondary N) is 2. The lowest BCUT2D eigenvalue weighted by atomic mass is 9.48. The molecule has 2 aromatic carbocycles. The van der Waals surface area contributed by atoms with Crippen LogP contribution in [0.15, 0.2) is 48.6 Å². The molecular weight excluding hydrogens is 700 g/mol. The van der Waals surface area contributed by atoms with Gasteiger partial charge in [0.25, 0.3) is 0 Å². The summed E-state index contributed by atoms with van der Waals surface area (Å²) in [5, 5.41) is 41.5. The molecule has 1 spiro atoms. The molecule has 5 N–H and O–H groups in total. The van der Waals surface area contributed by atoms with Crippen molar-refractivity contribution >= 4 is 28.5 Å². The van der Waals surface area contributed by atoms with E-state index in [-0.39, 0.29) is 12.0 Å². The first-order valence-corrected chi connectivity index (χ1v) is 19.9. The normalized spacial score (nSPS) is 38.7. The van der Waals surface area contributed by atoms with Crippen LogP contribution in [-0.4, -0.2) is 125 Å². The SMILES string of the molecule is CC[C@]1(O)C[C@@H]2CN(CCc3c([nH]c4ccccc34)[C@@](C(=O)OC)(c3cc4c(cc3OC)N[C@H]3[C@@](O)(C(=O)OC)[C@H](O)[C@]5(CC)C=CCN6CC[C@]43C65)C2)C1. The lowest BCUT2D eigenvalue weighted by Crippen LogP contribution is -2.79. The summed E-state index contributed by atoms with van der Waals surface area (Å²) in [5.74, 6) is -0.948. The third-order valence-electron chi connectivity index (χ3n) is 15.0. The van der Waals surface area contributed by atoms with E-state index in [4.69, 9.17) is 14.2 Å². The zero-order chi connectivity index (χ0) is 38.7. The standard InChI is InChI=1S/C43H54N4O8/c1-6-39(51)21-25-22-42(37(49)54-4,33-27(13-17-46(23-25)24-39)26-11-8-9-12-30(26)44-33)29-19-28-31(20-32(29)53-3)45-34-41(28)15-18-47-16-10-14-40(7-2,35(41)47)36(48)43(34,52)38(50)55-5/h8-12,14,19-20,25,34-36,44-45,48,51-52H,6-7,13,15-18,21-24H2,1-5H3/t25-,34+,35?,36+,39-,40+,41-,42-,43-/m0/s1. The molecule has 1 aromatic heterocycles. The van der Waals surface area contributed by atoms with Crippen molar-refractivity contribution in [3.05, 3.63) is 70.9 Å². The molecule has 3 aromatic rings. The van der Waals surface area contributed by atoms with Gasteiger partial charge in [0.1, 0.15) is 17.3 Å². The van der Waals surface area contributed by atoms with E-state index in [0.29, 0.717) is 75.2 Å². The van der Waals surface area contributed by atoms with Crippen molar-refractivity contribution in [1.82, 2.24) is 14.8 Å². The number of piperidine rings is 1. The zero-order valence-corrected chi connectivity index (χ0v) is 32.5. The predicted molar refractivity (Wildman–Crippen MR) is 206 cm³/mol. The van der Waals surface area contributed by atoms with Crippen molar-refractivity contribution in [2.45, 2.75) is 92.6 Å². The number of hydrogen-bond donors (Lipinski definition) is 5. The number of rotatable bonds is 6. The second kappa shape index (κ2) is 12.5. The van der Waals surface area contributed by atoms with Crippen LogP contribution in [0.3, 0.4) is 0 Å². The smallest absolute Gasteiger partial charge is 0.342 e. The fraction of sp³-hybridized carbons (Fsp3) is 0.581. The van der Waals surface area contributed by atoms with Gasteiger partial charge in [-0.15, -0.1) is 0 Å². The van der Waals surface area contributed by atoms with E-state index in [1.807, 2.05) is 50.3 Å². The quantitative estimate of drug-likeness (QED) is 0.186. The molecule has 294 valence electrons. The van der Waals surface area contributed by atoms with Gasteiger partial charge in [-0.2, -0.15) is 0 Å². The highest BCUT2D eigenvalue weighted by molar-refractivity contribution is 5.94. The van der Waals surface area contributed by atoms with Gasteiger partial charge < -0.3 is 39.8 Å². The third-order valence-corrected chi connectivity index (χ3v) is 15.0. The van der Waals surface area contributed by atoms with Crippen LogP contribution in [0.25, 0.3) is 10.9 Å². The first kappa shape index (κ1) is 36.7. The average Bonchev–Trinajstić information content (AvgIpc) is 3.89. The van der Waals surface area contributed by atoms with Gasteiger partial charge in [-0.05, 0) is 74.2 Å². The van der Waals surface area contributed by atoms with E-state index >= 15 is 4.79 Å². The molecule has 12 nitrogen and oxygen atoms in total. The van der Waals surface area contributed by atoms with E-state index in [9.17, 15) is 20.1 Å². The summed E-state index contributed by atoms with van der Waals surface area (Å²) < 4.78 is 17.5. The summed E-state index contributed by atoms with van der Waals surface area (Å²) >= 11 is 0. The van der Waals surface area contributed by atoms with Gasteiger partial charge in [-0.3, -0.25) is 14.6 Å². The number of esters is 2. The van der Waals surface area contributed by atoms with Crippen molar-refractivity contribution in [3.8, 4) is 5.75 Å². The Bertz CT molecular complexity index is 2100. The van der Waals surface area contributed by atoms with Crippen molar-refractivity contribution in [2.75, 3.05) is 59.4 Å². The Morgan fingerprint density at radius 2 is 1.76 bits per heavy atom. The van der Waals surface area contributed by atoms with Crippen molar-refractivity contribution in [3.63, 3.8) is 0 Å². The van der Waals surface area contributed by atoms with Crippen molar-refractivity contribution in [2.24, 2.45) is 11.3 Å². The third kappa shape index (κ3) is 4.63. The van der Waals surface area contributed by atoms with Gasteiger partial charge in [0.2, 0.25) is 5.60 Å². The molecule has 5 aliphatic heterocycles. The molecule has 3 fully saturated rings. The Kier molecular flexibility index (Phi) is 8.36. The highest BCUT2D eigenvalue weighted by Crippen LogP contribution is 2.66. The van der Waals surface area contributed by atoms with Crippen LogP contribution in [-0.2, 0) is 36.3 Å². The number of aromatic nitrogens is 1. The van der Waals surface area contributed by atoms with Gasteiger partial charge in [0.15, 0.2) is 0 Å². The number of carbonyl (C=O) groups excluding carboxylic acids is 2. The molecule has 9 rings (SSSR count). The number of aliphatic hydroxyl groups excluding tert-OH is 1. The number of aliphatic hydroxyl groups is 3. The average molecular weight is 755 g/mol. The molecule has 1 saturated carbocycles. The number of H-pyrrole nitrogens is 1. The van der Waals surface area contributed by atoms with Crippen molar-refractivity contribution in [1.29, 1.82) is 0 Å². The minimum absolute atomic E-state index is 0.0791.